The van der Waals surface area contributed by atoms with E-state index < -0.39 is 0 Å². The van der Waals surface area contributed by atoms with Gasteiger partial charge < -0.3 is 10.2 Å². The van der Waals surface area contributed by atoms with Crippen LogP contribution in [-0.2, 0) is 0 Å². The van der Waals surface area contributed by atoms with E-state index >= 15 is 0 Å². The molecule has 2 fully saturated rings. The fourth-order valence-electron chi connectivity index (χ4n) is 3.20. The molecular weight excluding hydrogens is 184 g/mol. The molecule has 0 aromatic heterocycles. The molecule has 1 saturated carbocycles. The Morgan fingerprint density at radius 3 is 2.20 bits per heavy atom. The number of hydrogen-bond donors (Lipinski definition) is 1. The van der Waals surface area contributed by atoms with E-state index in [9.17, 15) is 0 Å². The second kappa shape index (κ2) is 5.86. The van der Waals surface area contributed by atoms with Gasteiger partial charge in [-0.1, -0.05) is 12.8 Å². The molecule has 1 heterocycles. The van der Waals surface area contributed by atoms with E-state index in [1.54, 1.807) is 0 Å². The third-order valence-corrected chi connectivity index (χ3v) is 4.26. The van der Waals surface area contributed by atoms with Crippen LogP contribution in [0.3, 0.4) is 0 Å². The summed E-state index contributed by atoms with van der Waals surface area (Å²) in [5.74, 6) is 0.998. The molecule has 2 aliphatic rings. The van der Waals surface area contributed by atoms with Gasteiger partial charge in [-0.2, -0.15) is 0 Å². The molecule has 1 N–H and O–H groups in total. The van der Waals surface area contributed by atoms with Gasteiger partial charge in [0.25, 0.3) is 0 Å². The second-order valence-corrected chi connectivity index (χ2v) is 5.28. The van der Waals surface area contributed by atoms with Gasteiger partial charge in [0.15, 0.2) is 0 Å². The fourth-order valence-corrected chi connectivity index (χ4v) is 3.20. The van der Waals surface area contributed by atoms with E-state index in [2.05, 4.69) is 17.1 Å². The Morgan fingerprint density at radius 1 is 1.00 bits per heavy atom. The maximum atomic E-state index is 3.49. The molecule has 1 unspecified atom stereocenters. The summed E-state index contributed by atoms with van der Waals surface area (Å²) in [6.07, 6.45) is 8.58. The lowest BCUT2D eigenvalue weighted by Gasteiger charge is -2.34. The Balaban J connectivity index is 1.82. The molecule has 0 bridgehead atoms. The monoisotopic (exact) mass is 210 g/mol. The third-order valence-electron chi connectivity index (χ3n) is 4.26. The van der Waals surface area contributed by atoms with Crippen molar-refractivity contribution >= 4 is 0 Å². The van der Waals surface area contributed by atoms with Gasteiger partial charge in [0.05, 0.1) is 0 Å². The first-order valence-electron chi connectivity index (χ1n) is 6.82. The van der Waals surface area contributed by atoms with Gasteiger partial charge in [0, 0.05) is 6.04 Å². The molecule has 2 nitrogen and oxygen atoms in total. The van der Waals surface area contributed by atoms with Crippen molar-refractivity contribution in [3.63, 3.8) is 0 Å². The number of nitrogens with zero attached hydrogens (tertiary/aromatic N) is 1. The van der Waals surface area contributed by atoms with Gasteiger partial charge in [-0.3, -0.25) is 0 Å². The lowest BCUT2D eigenvalue weighted by Crippen LogP contribution is -2.42. The molecule has 1 aliphatic carbocycles. The minimum atomic E-state index is 0.839. The first kappa shape index (κ1) is 11.4. The van der Waals surface area contributed by atoms with E-state index in [1.165, 1.54) is 64.7 Å². The molecule has 0 radical (unpaired) electrons. The molecule has 2 heteroatoms. The van der Waals surface area contributed by atoms with Crippen LogP contribution in [0, 0.1) is 5.92 Å². The number of hydrogen-bond acceptors (Lipinski definition) is 2. The Labute approximate surface area is 94.4 Å². The van der Waals surface area contributed by atoms with Crippen molar-refractivity contribution < 1.29 is 0 Å². The molecule has 88 valence electrons. The highest BCUT2D eigenvalue weighted by Gasteiger charge is 2.26. The van der Waals surface area contributed by atoms with Crippen LogP contribution in [0.1, 0.15) is 45.4 Å². The SMILES string of the molecule is CC(C1CCCC1)N1CCCNCCC1. The van der Waals surface area contributed by atoms with Crippen molar-refractivity contribution in [1.82, 2.24) is 10.2 Å². The Morgan fingerprint density at radius 2 is 1.60 bits per heavy atom. The van der Waals surface area contributed by atoms with Gasteiger partial charge >= 0.3 is 0 Å². The molecule has 1 atom stereocenters. The number of nitrogens with one attached hydrogen (secondary N) is 1. The standard InChI is InChI=1S/C13H26N2/c1-12(13-6-2-3-7-13)15-10-4-8-14-9-5-11-15/h12-14H,2-11H2,1H3. The highest BCUT2D eigenvalue weighted by molar-refractivity contribution is 4.80. The topological polar surface area (TPSA) is 15.3 Å². The maximum Gasteiger partial charge on any atom is 0.00952 e. The summed E-state index contributed by atoms with van der Waals surface area (Å²) in [5, 5.41) is 3.49. The van der Waals surface area contributed by atoms with Crippen molar-refractivity contribution in [2.24, 2.45) is 5.92 Å². The molecule has 1 saturated heterocycles. The minimum Gasteiger partial charge on any atom is -0.317 e. The van der Waals surface area contributed by atoms with Gasteiger partial charge in [-0.15, -0.1) is 0 Å². The van der Waals surface area contributed by atoms with E-state index in [0.717, 1.165) is 12.0 Å². The van der Waals surface area contributed by atoms with Crippen molar-refractivity contribution in [1.29, 1.82) is 0 Å². The second-order valence-electron chi connectivity index (χ2n) is 5.28. The van der Waals surface area contributed by atoms with E-state index in [0.29, 0.717) is 0 Å². The molecule has 15 heavy (non-hydrogen) atoms. The highest BCUT2D eigenvalue weighted by atomic mass is 15.2. The van der Waals surface area contributed by atoms with E-state index in [1.807, 2.05) is 0 Å². The van der Waals surface area contributed by atoms with Crippen molar-refractivity contribution in [3.05, 3.63) is 0 Å². The summed E-state index contributed by atoms with van der Waals surface area (Å²) in [6.45, 7) is 7.52. The predicted molar refractivity (Wildman–Crippen MR) is 65.1 cm³/mol. The van der Waals surface area contributed by atoms with Crippen LogP contribution in [0.4, 0.5) is 0 Å². The Bertz CT molecular complexity index is 167. The third kappa shape index (κ3) is 3.18. The van der Waals surface area contributed by atoms with Crippen molar-refractivity contribution in [2.45, 2.75) is 51.5 Å². The summed E-state index contributed by atoms with van der Waals surface area (Å²) in [6, 6.07) is 0.839. The summed E-state index contributed by atoms with van der Waals surface area (Å²) < 4.78 is 0. The lowest BCUT2D eigenvalue weighted by molar-refractivity contribution is 0.145. The smallest absolute Gasteiger partial charge is 0.00952 e. The van der Waals surface area contributed by atoms with Gasteiger partial charge in [-0.25, -0.2) is 0 Å². The average Bonchev–Trinajstić information content (AvgIpc) is 2.68. The maximum absolute atomic E-state index is 3.49. The normalized spacial score (nSPS) is 28.6. The van der Waals surface area contributed by atoms with Crippen LogP contribution in [0.5, 0.6) is 0 Å². The van der Waals surface area contributed by atoms with Gasteiger partial charge in [0.1, 0.15) is 0 Å². The average molecular weight is 210 g/mol. The molecule has 1 aliphatic heterocycles. The summed E-state index contributed by atoms with van der Waals surface area (Å²) in [5.41, 5.74) is 0. The van der Waals surface area contributed by atoms with Crippen LogP contribution in [0.15, 0.2) is 0 Å². The van der Waals surface area contributed by atoms with Crippen LogP contribution in [0.25, 0.3) is 0 Å². The zero-order valence-electron chi connectivity index (χ0n) is 10.2. The fraction of sp³-hybridized carbons (Fsp3) is 1.00. The molecule has 0 aromatic carbocycles. The molecular formula is C13H26N2. The molecule has 0 spiro atoms. The zero-order valence-corrected chi connectivity index (χ0v) is 10.2. The first-order chi connectivity index (χ1) is 7.38. The lowest BCUT2D eigenvalue weighted by atomic mass is 9.97. The zero-order chi connectivity index (χ0) is 10.5. The minimum absolute atomic E-state index is 0.839. The van der Waals surface area contributed by atoms with Gasteiger partial charge in [-0.05, 0) is 64.7 Å². The Kier molecular flexibility index (Phi) is 4.45. The highest BCUT2D eigenvalue weighted by Crippen LogP contribution is 2.30. The van der Waals surface area contributed by atoms with E-state index in [-0.39, 0.29) is 0 Å². The number of rotatable bonds is 2. The van der Waals surface area contributed by atoms with Crippen LogP contribution in [0.2, 0.25) is 0 Å². The largest absolute Gasteiger partial charge is 0.317 e. The molecule has 2 rings (SSSR count). The predicted octanol–water partition coefficient (Wildman–Crippen LogP) is 2.25. The van der Waals surface area contributed by atoms with Gasteiger partial charge in [0.2, 0.25) is 0 Å². The van der Waals surface area contributed by atoms with Crippen LogP contribution >= 0.6 is 0 Å². The summed E-state index contributed by atoms with van der Waals surface area (Å²) in [7, 11) is 0. The van der Waals surface area contributed by atoms with Crippen LogP contribution < -0.4 is 5.32 Å². The first-order valence-corrected chi connectivity index (χ1v) is 6.82. The van der Waals surface area contributed by atoms with Crippen LogP contribution in [-0.4, -0.2) is 37.1 Å². The van der Waals surface area contributed by atoms with Crippen molar-refractivity contribution in [2.75, 3.05) is 26.2 Å². The summed E-state index contributed by atoms with van der Waals surface area (Å²) in [4.78, 5) is 2.75. The molecule has 0 aromatic rings. The van der Waals surface area contributed by atoms with Crippen molar-refractivity contribution in [3.8, 4) is 0 Å². The summed E-state index contributed by atoms with van der Waals surface area (Å²) >= 11 is 0. The van der Waals surface area contributed by atoms with E-state index in [4.69, 9.17) is 0 Å². The quantitative estimate of drug-likeness (QED) is 0.752. The Hall–Kier alpha value is -0.0800. The molecule has 0 amide bonds.